The molecule has 2 aliphatic heterocycles. The van der Waals surface area contributed by atoms with Crippen molar-refractivity contribution in [3.63, 3.8) is 0 Å². The summed E-state index contributed by atoms with van der Waals surface area (Å²) in [5, 5.41) is 2.78. The number of aryl methyl sites for hydroxylation is 1. The zero-order valence-electron chi connectivity index (χ0n) is 25.6. The second-order valence-corrected chi connectivity index (χ2v) is 13.1. The summed E-state index contributed by atoms with van der Waals surface area (Å²) in [6.07, 6.45) is 0.567. The molecule has 0 radical (unpaired) electrons. The average molecular weight is 658 g/mol. The number of rotatable bonds is 6. The van der Waals surface area contributed by atoms with Gasteiger partial charge in [-0.1, -0.05) is 23.7 Å². The lowest BCUT2D eigenvalue weighted by Gasteiger charge is -2.47. The molecule has 0 saturated carbocycles. The third-order valence-corrected chi connectivity index (χ3v) is 10.3. The van der Waals surface area contributed by atoms with E-state index < -0.39 is 23.7 Å². The van der Waals surface area contributed by atoms with Crippen molar-refractivity contribution in [1.82, 2.24) is 15.1 Å². The average Bonchev–Trinajstić information content (AvgIpc) is 3.43. The van der Waals surface area contributed by atoms with Gasteiger partial charge in [0.15, 0.2) is 11.6 Å². The Morgan fingerprint density at radius 1 is 0.978 bits per heavy atom. The Kier molecular flexibility index (Phi) is 9.04. The third kappa shape index (κ3) is 6.74. The zero-order valence-corrected chi connectivity index (χ0v) is 26.3. The number of hydrogen-bond donors (Lipinski definition) is 1. The van der Waals surface area contributed by atoms with Crippen LogP contribution in [0.5, 0.6) is 5.75 Å². The van der Waals surface area contributed by atoms with E-state index in [9.17, 15) is 27.2 Å². The fraction of sp³-hybridized carbons (Fsp3) is 0.429. The number of nitrogens with zero attached hydrogens (tertiary/aromatic N) is 2. The lowest BCUT2D eigenvalue weighted by atomic mass is 9.71. The minimum atomic E-state index is -4.60. The highest BCUT2D eigenvalue weighted by Crippen LogP contribution is 2.42. The van der Waals surface area contributed by atoms with E-state index >= 15 is 0 Å². The molecular formula is C35H36ClF4N3O3. The number of piperidine rings is 2. The van der Waals surface area contributed by atoms with Crippen molar-refractivity contribution < 1.29 is 31.9 Å². The number of alkyl halides is 3. The van der Waals surface area contributed by atoms with Crippen molar-refractivity contribution in [2.24, 2.45) is 5.41 Å². The first kappa shape index (κ1) is 32.3. The minimum absolute atomic E-state index is 0.0606. The molecule has 3 aromatic rings. The fourth-order valence-corrected chi connectivity index (χ4v) is 7.32. The number of nitrogens with one attached hydrogen (secondary N) is 1. The van der Waals surface area contributed by atoms with Crippen LogP contribution < -0.4 is 10.1 Å². The van der Waals surface area contributed by atoms with Crippen molar-refractivity contribution in [2.45, 2.75) is 57.3 Å². The normalized spacial score (nSPS) is 19.6. The van der Waals surface area contributed by atoms with Gasteiger partial charge in [-0.05, 0) is 116 Å². The largest absolute Gasteiger partial charge is 0.494 e. The van der Waals surface area contributed by atoms with Gasteiger partial charge in [-0.3, -0.25) is 14.5 Å². The third-order valence-electron chi connectivity index (χ3n) is 9.96. The molecule has 2 saturated heterocycles. The lowest BCUT2D eigenvalue weighted by molar-refractivity contribution is -0.137. The molecule has 3 aromatic carbocycles. The predicted octanol–water partition coefficient (Wildman–Crippen LogP) is 7.44. The van der Waals surface area contributed by atoms with Gasteiger partial charge in [0, 0.05) is 25.2 Å². The Balaban J connectivity index is 1.05. The van der Waals surface area contributed by atoms with Gasteiger partial charge in [0.2, 0.25) is 0 Å². The van der Waals surface area contributed by atoms with Crippen molar-refractivity contribution in [3.05, 3.63) is 98.8 Å². The van der Waals surface area contributed by atoms with Crippen LogP contribution in [0, 0.1) is 11.2 Å². The maximum absolute atomic E-state index is 14.1. The number of amides is 2. The van der Waals surface area contributed by atoms with Crippen LogP contribution in [-0.4, -0.2) is 54.9 Å². The molecule has 1 unspecified atom stereocenters. The monoisotopic (exact) mass is 657 g/mol. The fourth-order valence-electron chi connectivity index (χ4n) is 7.12. The molecule has 6 nitrogen and oxygen atoms in total. The Morgan fingerprint density at radius 2 is 1.70 bits per heavy atom. The van der Waals surface area contributed by atoms with E-state index in [2.05, 4.69) is 10.2 Å². The first-order valence-electron chi connectivity index (χ1n) is 15.6. The molecule has 2 amide bonds. The molecule has 2 heterocycles. The summed E-state index contributed by atoms with van der Waals surface area (Å²) >= 11 is 6.09. The van der Waals surface area contributed by atoms with Gasteiger partial charge in [0.1, 0.15) is 0 Å². The molecule has 3 aliphatic rings. The maximum atomic E-state index is 14.1. The molecule has 0 bridgehead atoms. The van der Waals surface area contributed by atoms with E-state index in [0.717, 1.165) is 73.7 Å². The summed E-state index contributed by atoms with van der Waals surface area (Å²) in [6.45, 7) is 3.85. The molecule has 0 aromatic heterocycles. The van der Waals surface area contributed by atoms with E-state index in [4.69, 9.17) is 16.3 Å². The van der Waals surface area contributed by atoms with E-state index in [-0.39, 0.29) is 33.5 Å². The van der Waals surface area contributed by atoms with Gasteiger partial charge in [0.05, 0.1) is 29.3 Å². The number of fused-ring (bicyclic) bond motifs is 1. The predicted molar refractivity (Wildman–Crippen MR) is 166 cm³/mol. The number of halogens is 5. The van der Waals surface area contributed by atoms with Gasteiger partial charge in [0.25, 0.3) is 11.8 Å². The van der Waals surface area contributed by atoms with Crippen LogP contribution in [0.1, 0.15) is 81.1 Å². The molecule has 1 N–H and O–H groups in total. The highest BCUT2D eigenvalue weighted by molar-refractivity contribution is 6.33. The van der Waals surface area contributed by atoms with Crippen LogP contribution in [0.25, 0.3) is 0 Å². The van der Waals surface area contributed by atoms with Crippen LogP contribution in [0.2, 0.25) is 5.02 Å². The second kappa shape index (κ2) is 12.9. The summed E-state index contributed by atoms with van der Waals surface area (Å²) in [5.74, 6) is -0.855. The molecule has 1 spiro atoms. The summed E-state index contributed by atoms with van der Waals surface area (Å²) in [5.41, 5.74) is 2.27. The van der Waals surface area contributed by atoms with E-state index in [0.29, 0.717) is 38.0 Å². The SMILES string of the molecule is COc1ccc(CN2CCC3(CC2)CCN(C(=O)c2ccc4c(c2)C(NC(=O)c2cc(C(F)(F)F)ccc2Cl)CC4)CC3)cc1F. The van der Waals surface area contributed by atoms with Crippen LogP contribution in [0.4, 0.5) is 17.6 Å². The zero-order chi connectivity index (χ0) is 32.6. The topological polar surface area (TPSA) is 61.9 Å². The van der Waals surface area contributed by atoms with Crippen molar-refractivity contribution >= 4 is 23.4 Å². The Morgan fingerprint density at radius 3 is 2.37 bits per heavy atom. The molecular weight excluding hydrogens is 622 g/mol. The first-order chi connectivity index (χ1) is 21.9. The summed E-state index contributed by atoms with van der Waals surface area (Å²) in [4.78, 5) is 30.8. The highest BCUT2D eigenvalue weighted by Gasteiger charge is 2.39. The molecule has 46 heavy (non-hydrogen) atoms. The van der Waals surface area contributed by atoms with E-state index in [1.807, 2.05) is 29.2 Å². The number of hydrogen-bond acceptors (Lipinski definition) is 4. The van der Waals surface area contributed by atoms with Crippen LogP contribution in [0.3, 0.4) is 0 Å². The molecule has 2 fully saturated rings. The number of carbonyl (C=O) groups is 2. The smallest absolute Gasteiger partial charge is 0.416 e. The molecule has 6 rings (SSSR count). The quantitative estimate of drug-likeness (QED) is 0.280. The van der Waals surface area contributed by atoms with Crippen LogP contribution in [0.15, 0.2) is 54.6 Å². The number of ether oxygens (including phenoxy) is 1. The van der Waals surface area contributed by atoms with Gasteiger partial charge in [-0.2, -0.15) is 13.2 Å². The molecule has 1 aliphatic carbocycles. The Labute approximate surface area is 270 Å². The number of carbonyl (C=O) groups excluding carboxylic acids is 2. The van der Waals surface area contributed by atoms with Gasteiger partial charge in [-0.15, -0.1) is 0 Å². The maximum Gasteiger partial charge on any atom is 0.416 e. The van der Waals surface area contributed by atoms with Gasteiger partial charge < -0.3 is 15.0 Å². The molecule has 1 atom stereocenters. The second-order valence-electron chi connectivity index (χ2n) is 12.7. The van der Waals surface area contributed by atoms with E-state index in [1.165, 1.54) is 13.2 Å². The number of likely N-dealkylation sites (tertiary alicyclic amines) is 2. The summed E-state index contributed by atoms with van der Waals surface area (Å²) in [7, 11) is 1.46. The van der Waals surface area contributed by atoms with Crippen molar-refractivity contribution in [1.29, 1.82) is 0 Å². The molecule has 244 valence electrons. The summed E-state index contributed by atoms with van der Waals surface area (Å²) in [6, 6.07) is 12.9. The Hall–Kier alpha value is -3.63. The van der Waals surface area contributed by atoms with Crippen molar-refractivity contribution in [3.8, 4) is 5.75 Å². The Bertz CT molecular complexity index is 1630. The van der Waals surface area contributed by atoms with Gasteiger partial charge >= 0.3 is 6.18 Å². The minimum Gasteiger partial charge on any atom is -0.494 e. The highest BCUT2D eigenvalue weighted by atomic mass is 35.5. The van der Waals surface area contributed by atoms with Crippen molar-refractivity contribution in [2.75, 3.05) is 33.3 Å². The van der Waals surface area contributed by atoms with Crippen LogP contribution in [-0.2, 0) is 19.1 Å². The summed E-state index contributed by atoms with van der Waals surface area (Å²) < 4.78 is 58.9. The first-order valence-corrected chi connectivity index (χ1v) is 16.0. The lowest BCUT2D eigenvalue weighted by Crippen LogP contribution is -2.48. The van der Waals surface area contributed by atoms with E-state index in [1.54, 1.807) is 6.07 Å². The number of benzene rings is 3. The molecule has 11 heteroatoms. The number of methoxy groups -OCH3 is 1. The standard InChI is InChI=1S/C35H36ClF4N3O3/c1-46-31-9-2-22(18-29(31)37)21-42-14-10-34(11-15-42)12-16-43(17-13-34)33(45)24-4-3-23-5-8-30(26(23)19-24)41-32(44)27-20-25(35(38,39)40)6-7-28(27)36/h2-4,6-7,9,18-20,30H,5,8,10-17,21H2,1H3,(H,41,44). The van der Waals surface area contributed by atoms with Gasteiger partial charge in [-0.25, -0.2) is 4.39 Å². The van der Waals surface area contributed by atoms with Crippen LogP contribution >= 0.6 is 11.6 Å².